The van der Waals surface area contributed by atoms with Gasteiger partial charge in [-0.15, -0.1) is 0 Å². The monoisotopic (exact) mass is 354 g/mol. The lowest BCUT2D eigenvalue weighted by Gasteiger charge is -2.37. The Bertz CT molecular complexity index is 1060. The molecular weight excluding hydrogens is 338 g/mol. The number of hydrogen-bond acceptors (Lipinski definition) is 3. The topological polar surface area (TPSA) is 55.1 Å². The van der Waals surface area contributed by atoms with Gasteiger partial charge >= 0.3 is 0 Å². The summed E-state index contributed by atoms with van der Waals surface area (Å²) in [5.74, 6) is -1.73. The van der Waals surface area contributed by atoms with Crippen LogP contribution in [-0.4, -0.2) is 14.9 Å². The first kappa shape index (κ1) is 16.4. The molecule has 1 aromatic carbocycles. The third-order valence-electron chi connectivity index (χ3n) is 4.68. The Morgan fingerprint density at radius 1 is 1.15 bits per heavy atom. The molecule has 2 bridgehead atoms. The van der Waals surface area contributed by atoms with Crippen molar-refractivity contribution in [3.05, 3.63) is 86.9 Å². The fourth-order valence-electron chi connectivity index (χ4n) is 3.41. The molecule has 2 aliphatic carbocycles. The molecule has 2 aliphatic rings. The summed E-state index contributed by atoms with van der Waals surface area (Å²) in [6.45, 7) is 3.63. The Balaban J connectivity index is 1.88. The van der Waals surface area contributed by atoms with Crippen molar-refractivity contribution in [3.8, 4) is 5.75 Å². The molecule has 4 rings (SSSR count). The lowest BCUT2D eigenvalue weighted by molar-refractivity contribution is 0.412. The van der Waals surface area contributed by atoms with E-state index in [0.29, 0.717) is 16.8 Å². The summed E-state index contributed by atoms with van der Waals surface area (Å²) < 4.78 is 30.2. The maximum atomic E-state index is 14.6. The van der Waals surface area contributed by atoms with Crippen LogP contribution in [0, 0.1) is 0 Å². The van der Waals surface area contributed by atoms with E-state index in [0.717, 1.165) is 10.7 Å². The van der Waals surface area contributed by atoms with Crippen molar-refractivity contribution in [2.45, 2.75) is 25.8 Å². The highest BCUT2D eigenvalue weighted by Gasteiger charge is 2.46. The molecule has 0 spiro atoms. The average molecular weight is 354 g/mol. The number of rotatable bonds is 3. The minimum absolute atomic E-state index is 0.149. The summed E-state index contributed by atoms with van der Waals surface area (Å²) in [6, 6.07) is 9.00. The van der Waals surface area contributed by atoms with Crippen LogP contribution in [0.3, 0.4) is 0 Å². The van der Waals surface area contributed by atoms with E-state index >= 15 is 0 Å². The first-order valence-electron chi connectivity index (χ1n) is 8.30. The van der Waals surface area contributed by atoms with Crippen molar-refractivity contribution in [2.24, 2.45) is 0 Å². The third-order valence-corrected chi connectivity index (χ3v) is 4.68. The number of halogens is 2. The second-order valence-corrected chi connectivity index (χ2v) is 6.67. The van der Waals surface area contributed by atoms with Crippen LogP contribution in [0.1, 0.15) is 37.1 Å². The molecule has 0 saturated heterocycles. The number of nitrogens with zero attached hydrogens (tertiary/aromatic N) is 2. The molecule has 6 heteroatoms. The minimum atomic E-state index is -0.930. The van der Waals surface area contributed by atoms with E-state index in [1.165, 1.54) is 6.08 Å². The SMILES string of the molecule is CC(C)c1nn(C2c3c(F)cc(-c4ccccc4)c2c3F)c(=O)cc1O. The van der Waals surface area contributed by atoms with Crippen LogP contribution in [0.5, 0.6) is 5.75 Å². The second kappa shape index (κ2) is 5.76. The summed E-state index contributed by atoms with van der Waals surface area (Å²) in [6.07, 6.45) is 1.29. The molecular formula is C20H16F2N2O2. The van der Waals surface area contributed by atoms with Crippen LogP contribution in [-0.2, 0) is 0 Å². The van der Waals surface area contributed by atoms with Gasteiger partial charge in [-0.1, -0.05) is 44.2 Å². The normalized spacial score (nSPS) is 19.0. The first-order valence-corrected chi connectivity index (χ1v) is 8.30. The van der Waals surface area contributed by atoms with Gasteiger partial charge in [0.1, 0.15) is 29.1 Å². The molecule has 4 nitrogen and oxygen atoms in total. The van der Waals surface area contributed by atoms with Crippen LogP contribution < -0.4 is 5.56 Å². The fraction of sp³-hybridized carbons (Fsp3) is 0.200. The van der Waals surface area contributed by atoms with Crippen LogP contribution >= 0.6 is 0 Å². The molecule has 1 aromatic heterocycles. The predicted octanol–water partition coefficient (Wildman–Crippen LogP) is 4.17. The Morgan fingerprint density at radius 3 is 2.46 bits per heavy atom. The van der Waals surface area contributed by atoms with Crippen LogP contribution in [0.15, 0.2) is 70.1 Å². The van der Waals surface area contributed by atoms with Gasteiger partial charge in [0, 0.05) is 17.6 Å². The quantitative estimate of drug-likeness (QED) is 0.900. The Kier molecular flexibility index (Phi) is 3.64. The van der Waals surface area contributed by atoms with E-state index in [9.17, 15) is 18.7 Å². The zero-order valence-electron chi connectivity index (χ0n) is 14.2. The molecule has 1 unspecified atom stereocenters. The smallest absolute Gasteiger partial charge is 0.271 e. The molecule has 0 radical (unpaired) electrons. The summed E-state index contributed by atoms with van der Waals surface area (Å²) >= 11 is 0. The summed E-state index contributed by atoms with van der Waals surface area (Å²) in [4.78, 5) is 12.4. The number of aromatic nitrogens is 2. The first-order chi connectivity index (χ1) is 12.4. The van der Waals surface area contributed by atoms with Gasteiger partial charge in [0.05, 0.1) is 5.57 Å². The van der Waals surface area contributed by atoms with E-state index < -0.39 is 23.3 Å². The fourth-order valence-corrected chi connectivity index (χ4v) is 3.41. The van der Waals surface area contributed by atoms with Crippen molar-refractivity contribution in [3.63, 3.8) is 0 Å². The van der Waals surface area contributed by atoms with Gasteiger partial charge in [-0.2, -0.15) is 5.10 Å². The maximum Gasteiger partial charge on any atom is 0.271 e. The summed E-state index contributed by atoms with van der Waals surface area (Å²) in [5, 5.41) is 14.1. The van der Waals surface area contributed by atoms with Crippen LogP contribution in [0.2, 0.25) is 0 Å². The lowest BCUT2D eigenvalue weighted by atomic mass is 9.73. The van der Waals surface area contributed by atoms with Gasteiger partial charge in [-0.05, 0) is 17.2 Å². The summed E-state index contributed by atoms with van der Waals surface area (Å²) in [5.41, 5.74) is 0.821. The molecule has 1 atom stereocenters. The molecule has 0 saturated carbocycles. The highest BCUT2D eigenvalue weighted by atomic mass is 19.1. The highest BCUT2D eigenvalue weighted by Crippen LogP contribution is 2.55. The van der Waals surface area contributed by atoms with Crippen molar-refractivity contribution >= 4 is 5.57 Å². The Morgan fingerprint density at radius 2 is 1.85 bits per heavy atom. The zero-order chi connectivity index (χ0) is 18.6. The zero-order valence-corrected chi connectivity index (χ0v) is 14.2. The summed E-state index contributed by atoms with van der Waals surface area (Å²) in [7, 11) is 0. The van der Waals surface area contributed by atoms with E-state index in [4.69, 9.17) is 0 Å². The van der Waals surface area contributed by atoms with Gasteiger partial charge < -0.3 is 5.11 Å². The van der Waals surface area contributed by atoms with E-state index in [2.05, 4.69) is 5.10 Å². The van der Waals surface area contributed by atoms with Gasteiger partial charge in [0.15, 0.2) is 0 Å². The van der Waals surface area contributed by atoms with E-state index in [1.807, 2.05) is 19.9 Å². The molecule has 1 heterocycles. The molecule has 0 amide bonds. The second-order valence-electron chi connectivity index (χ2n) is 6.67. The van der Waals surface area contributed by atoms with Crippen molar-refractivity contribution in [1.29, 1.82) is 0 Å². The van der Waals surface area contributed by atoms with Crippen molar-refractivity contribution in [1.82, 2.24) is 9.78 Å². The molecule has 0 aliphatic heterocycles. The standard InChI is InChI=1S/C20H16F2N2O2/c1-10(2)19-14(25)9-15(26)24(23-19)20-16-12(11-6-4-3-5-7-11)8-13(21)17(20)18(16)22/h3-10,20,25H,1-2H3. The molecule has 132 valence electrons. The van der Waals surface area contributed by atoms with Crippen LogP contribution in [0.25, 0.3) is 5.57 Å². The molecule has 2 aromatic rings. The Labute approximate surface area is 148 Å². The molecule has 0 fully saturated rings. The van der Waals surface area contributed by atoms with Crippen LogP contribution in [0.4, 0.5) is 8.78 Å². The lowest BCUT2D eigenvalue weighted by Crippen LogP contribution is -2.37. The largest absolute Gasteiger partial charge is 0.506 e. The highest BCUT2D eigenvalue weighted by molar-refractivity contribution is 5.90. The predicted molar refractivity (Wildman–Crippen MR) is 94.0 cm³/mol. The van der Waals surface area contributed by atoms with Gasteiger partial charge in [0.25, 0.3) is 5.56 Å². The maximum absolute atomic E-state index is 14.6. The van der Waals surface area contributed by atoms with Gasteiger partial charge in [-0.3, -0.25) is 4.79 Å². The van der Waals surface area contributed by atoms with Crippen molar-refractivity contribution in [2.75, 3.05) is 0 Å². The third kappa shape index (κ3) is 2.25. The average Bonchev–Trinajstić information content (AvgIpc) is 2.60. The number of aromatic hydroxyl groups is 1. The number of benzene rings is 1. The van der Waals surface area contributed by atoms with E-state index in [-0.39, 0.29) is 22.8 Å². The van der Waals surface area contributed by atoms with E-state index in [1.54, 1.807) is 24.3 Å². The minimum Gasteiger partial charge on any atom is -0.506 e. The van der Waals surface area contributed by atoms with Gasteiger partial charge in [-0.25, -0.2) is 13.5 Å². The molecule has 1 N–H and O–H groups in total. The molecule has 26 heavy (non-hydrogen) atoms. The number of allylic oxidation sites excluding steroid dienone is 6. The number of fused-ring (bicyclic) bond motifs is 2. The van der Waals surface area contributed by atoms with Gasteiger partial charge in [0.2, 0.25) is 0 Å². The Hall–Kier alpha value is -3.02. The number of hydrogen-bond donors (Lipinski definition) is 1. The van der Waals surface area contributed by atoms with Crippen molar-refractivity contribution < 1.29 is 13.9 Å².